The molecule has 0 saturated carbocycles. The number of aromatic nitrogens is 3. The number of benzene rings is 1. The molecule has 0 aliphatic heterocycles. The van der Waals surface area contributed by atoms with E-state index in [4.69, 9.17) is 9.78 Å². The fraction of sp³-hybridized carbons (Fsp3) is 0.154. The summed E-state index contributed by atoms with van der Waals surface area (Å²) in [4.78, 5) is 4.46. The number of fused-ring (bicyclic) bond motifs is 1. The van der Waals surface area contributed by atoms with E-state index in [1.165, 1.54) is 0 Å². The largest absolute Gasteiger partial charge is 0.359 e. The van der Waals surface area contributed by atoms with E-state index in [-0.39, 0.29) is 6.42 Å². The van der Waals surface area contributed by atoms with Gasteiger partial charge in [-0.2, -0.15) is 5.26 Å². The highest BCUT2D eigenvalue weighted by Gasteiger charge is 2.11. The van der Waals surface area contributed by atoms with Crippen LogP contribution in [0.25, 0.3) is 11.0 Å². The Morgan fingerprint density at radius 1 is 1.28 bits per heavy atom. The van der Waals surface area contributed by atoms with Gasteiger partial charge in [0.05, 0.1) is 36.3 Å². The van der Waals surface area contributed by atoms with Crippen molar-refractivity contribution in [2.24, 2.45) is 0 Å². The molecule has 2 aromatic heterocycles. The SMILES string of the molecule is N#CCc1nc2ccccc2n1Cc1ccno1. The molecule has 0 bridgehead atoms. The Balaban J connectivity index is 2.12. The van der Waals surface area contributed by atoms with E-state index < -0.39 is 0 Å². The minimum absolute atomic E-state index is 0.281. The number of nitrogens with zero attached hydrogens (tertiary/aromatic N) is 4. The lowest BCUT2D eigenvalue weighted by molar-refractivity contribution is 0.376. The molecule has 0 fully saturated rings. The maximum atomic E-state index is 8.86. The third-order valence-corrected chi connectivity index (χ3v) is 2.78. The molecule has 0 radical (unpaired) electrons. The normalized spacial score (nSPS) is 10.6. The molecule has 5 nitrogen and oxygen atoms in total. The highest BCUT2D eigenvalue weighted by Crippen LogP contribution is 2.18. The molecular weight excluding hydrogens is 228 g/mol. The van der Waals surface area contributed by atoms with Crippen molar-refractivity contribution in [1.29, 1.82) is 5.26 Å². The molecular formula is C13H10N4O. The van der Waals surface area contributed by atoms with Crippen molar-refractivity contribution < 1.29 is 4.52 Å². The molecule has 5 heteroatoms. The molecule has 3 aromatic rings. The fourth-order valence-electron chi connectivity index (χ4n) is 1.99. The molecule has 18 heavy (non-hydrogen) atoms. The van der Waals surface area contributed by atoms with Gasteiger partial charge in [-0.25, -0.2) is 4.98 Å². The third kappa shape index (κ3) is 1.74. The number of hydrogen-bond donors (Lipinski definition) is 0. The van der Waals surface area contributed by atoms with Gasteiger partial charge in [0.1, 0.15) is 5.82 Å². The van der Waals surface area contributed by atoms with Crippen LogP contribution in [0.15, 0.2) is 41.1 Å². The molecule has 0 saturated heterocycles. The second-order valence-electron chi connectivity index (χ2n) is 3.92. The first-order chi connectivity index (χ1) is 8.88. The highest BCUT2D eigenvalue weighted by atomic mass is 16.5. The smallest absolute Gasteiger partial charge is 0.156 e. The van der Waals surface area contributed by atoms with Gasteiger partial charge in [0.15, 0.2) is 5.76 Å². The second-order valence-corrected chi connectivity index (χ2v) is 3.92. The van der Waals surface area contributed by atoms with Crippen molar-refractivity contribution in [1.82, 2.24) is 14.7 Å². The van der Waals surface area contributed by atoms with Crippen molar-refractivity contribution in [3.8, 4) is 6.07 Å². The average molecular weight is 238 g/mol. The average Bonchev–Trinajstić information content (AvgIpc) is 3.00. The molecule has 0 aliphatic rings. The summed E-state index contributed by atoms with van der Waals surface area (Å²) in [6.45, 7) is 0.539. The van der Waals surface area contributed by atoms with Crippen LogP contribution in [0.1, 0.15) is 11.6 Å². The summed E-state index contributed by atoms with van der Waals surface area (Å²) in [5, 5.41) is 12.5. The lowest BCUT2D eigenvalue weighted by Crippen LogP contribution is -2.04. The van der Waals surface area contributed by atoms with Crippen molar-refractivity contribution in [2.75, 3.05) is 0 Å². The number of rotatable bonds is 3. The van der Waals surface area contributed by atoms with Crippen LogP contribution in [0.2, 0.25) is 0 Å². The third-order valence-electron chi connectivity index (χ3n) is 2.78. The summed E-state index contributed by atoms with van der Waals surface area (Å²) in [7, 11) is 0. The Labute approximate surface area is 103 Å². The zero-order valence-electron chi connectivity index (χ0n) is 9.58. The zero-order valence-corrected chi connectivity index (χ0v) is 9.58. The molecule has 0 aliphatic carbocycles. The standard InChI is InChI=1S/C13H10N4O/c14-7-5-13-16-11-3-1-2-4-12(11)17(13)9-10-6-8-15-18-10/h1-4,6,8H,5,9H2. The molecule has 3 rings (SSSR count). The van der Waals surface area contributed by atoms with E-state index in [0.29, 0.717) is 6.54 Å². The Kier molecular flexibility index (Phi) is 2.54. The summed E-state index contributed by atoms with van der Waals surface area (Å²) < 4.78 is 7.09. The van der Waals surface area contributed by atoms with Gasteiger partial charge < -0.3 is 9.09 Å². The Morgan fingerprint density at radius 2 is 2.17 bits per heavy atom. The summed E-state index contributed by atoms with van der Waals surface area (Å²) in [6, 6.07) is 11.8. The summed E-state index contributed by atoms with van der Waals surface area (Å²) >= 11 is 0. The molecule has 1 aromatic carbocycles. The monoisotopic (exact) mass is 238 g/mol. The lowest BCUT2D eigenvalue weighted by atomic mass is 10.3. The second kappa shape index (κ2) is 4.34. The zero-order chi connectivity index (χ0) is 12.4. The summed E-state index contributed by atoms with van der Waals surface area (Å²) in [6.07, 6.45) is 1.89. The van der Waals surface area contributed by atoms with Gasteiger partial charge in [-0.1, -0.05) is 17.3 Å². The number of para-hydroxylation sites is 2. The van der Waals surface area contributed by atoms with Crippen molar-refractivity contribution in [2.45, 2.75) is 13.0 Å². The molecule has 0 unspecified atom stereocenters. The van der Waals surface area contributed by atoms with Crippen LogP contribution in [0.3, 0.4) is 0 Å². The summed E-state index contributed by atoms with van der Waals surface area (Å²) in [5.41, 5.74) is 1.89. The van der Waals surface area contributed by atoms with Crippen molar-refractivity contribution in [3.63, 3.8) is 0 Å². The van der Waals surface area contributed by atoms with E-state index in [1.807, 2.05) is 34.9 Å². The van der Waals surface area contributed by atoms with Crippen molar-refractivity contribution >= 4 is 11.0 Å². The van der Waals surface area contributed by atoms with Crippen LogP contribution in [0, 0.1) is 11.3 Å². The van der Waals surface area contributed by atoms with Gasteiger partial charge in [-0.15, -0.1) is 0 Å². The molecule has 0 spiro atoms. The molecule has 0 N–H and O–H groups in total. The fourth-order valence-corrected chi connectivity index (χ4v) is 1.99. The quantitative estimate of drug-likeness (QED) is 0.701. The van der Waals surface area contributed by atoms with Crippen LogP contribution in [0.5, 0.6) is 0 Å². The van der Waals surface area contributed by atoms with Gasteiger partial charge in [0.2, 0.25) is 0 Å². The lowest BCUT2D eigenvalue weighted by Gasteiger charge is -2.04. The van der Waals surface area contributed by atoms with Gasteiger partial charge in [-0.05, 0) is 12.1 Å². The molecule has 2 heterocycles. The first-order valence-electron chi connectivity index (χ1n) is 5.59. The van der Waals surface area contributed by atoms with Crippen LogP contribution in [-0.4, -0.2) is 14.7 Å². The van der Waals surface area contributed by atoms with Crippen LogP contribution >= 0.6 is 0 Å². The van der Waals surface area contributed by atoms with E-state index in [9.17, 15) is 0 Å². The van der Waals surface area contributed by atoms with Crippen molar-refractivity contribution in [3.05, 3.63) is 48.1 Å². The number of imidazole rings is 1. The molecule has 0 atom stereocenters. The van der Waals surface area contributed by atoms with E-state index in [2.05, 4.69) is 16.2 Å². The Hall–Kier alpha value is -2.61. The first kappa shape index (κ1) is 10.5. The minimum Gasteiger partial charge on any atom is -0.359 e. The molecule has 88 valence electrons. The highest BCUT2D eigenvalue weighted by molar-refractivity contribution is 5.76. The van der Waals surface area contributed by atoms with Crippen LogP contribution in [0.4, 0.5) is 0 Å². The van der Waals surface area contributed by atoms with E-state index in [1.54, 1.807) is 6.20 Å². The first-order valence-corrected chi connectivity index (χ1v) is 5.59. The Morgan fingerprint density at radius 3 is 2.94 bits per heavy atom. The van der Waals surface area contributed by atoms with Gasteiger partial charge in [0, 0.05) is 6.07 Å². The maximum Gasteiger partial charge on any atom is 0.156 e. The Bertz CT molecular complexity index is 706. The number of hydrogen-bond acceptors (Lipinski definition) is 4. The predicted molar refractivity (Wildman–Crippen MR) is 64.7 cm³/mol. The van der Waals surface area contributed by atoms with E-state index in [0.717, 1.165) is 22.6 Å². The topological polar surface area (TPSA) is 67.6 Å². The van der Waals surface area contributed by atoms with Crippen LogP contribution < -0.4 is 0 Å². The van der Waals surface area contributed by atoms with Gasteiger partial charge >= 0.3 is 0 Å². The van der Waals surface area contributed by atoms with E-state index >= 15 is 0 Å². The predicted octanol–water partition coefficient (Wildman–Crippen LogP) is 2.14. The van der Waals surface area contributed by atoms with Gasteiger partial charge in [0.25, 0.3) is 0 Å². The molecule has 0 amide bonds. The minimum atomic E-state index is 0.281. The van der Waals surface area contributed by atoms with Gasteiger partial charge in [-0.3, -0.25) is 0 Å². The summed E-state index contributed by atoms with van der Waals surface area (Å²) in [5.74, 6) is 1.49. The maximum absolute atomic E-state index is 8.86. The van der Waals surface area contributed by atoms with Crippen LogP contribution in [-0.2, 0) is 13.0 Å². The number of nitriles is 1.